The van der Waals surface area contributed by atoms with Crippen molar-refractivity contribution < 1.29 is 18.3 Å². The molecule has 3 aromatic carbocycles. The van der Waals surface area contributed by atoms with Crippen molar-refractivity contribution in [2.24, 2.45) is 0 Å². The van der Waals surface area contributed by atoms with E-state index < -0.39 is 0 Å². The van der Waals surface area contributed by atoms with Gasteiger partial charge in [0.1, 0.15) is 22.5 Å². The number of ether oxygens (including phenoxy) is 2. The van der Waals surface area contributed by atoms with Crippen LogP contribution < -0.4 is 9.47 Å². The minimum absolute atomic E-state index is 0.00870. The highest BCUT2D eigenvalue weighted by Crippen LogP contribution is 2.43. The fourth-order valence-corrected chi connectivity index (χ4v) is 5.75. The van der Waals surface area contributed by atoms with Gasteiger partial charge >= 0.3 is 0 Å². The molecule has 0 amide bonds. The Balaban J connectivity index is 1.61. The second-order valence-electron chi connectivity index (χ2n) is 12.5. The molecule has 2 aromatic heterocycles. The molecule has 0 unspecified atom stereocenters. The van der Waals surface area contributed by atoms with E-state index in [0.717, 1.165) is 64.6 Å². The van der Waals surface area contributed by atoms with Crippen LogP contribution in [-0.4, -0.2) is 23.2 Å². The summed E-state index contributed by atoms with van der Waals surface area (Å²) >= 11 is 3.59. The topological polar surface area (TPSA) is 70.5 Å². The average molecular weight is 662 g/mol. The second kappa shape index (κ2) is 14.6. The predicted octanol–water partition coefficient (Wildman–Crippen LogP) is 11.4. The lowest BCUT2D eigenvalue weighted by molar-refractivity contribution is 0.297. The lowest BCUT2D eigenvalue weighted by Gasteiger charge is -2.18. The lowest BCUT2D eigenvalue weighted by atomic mass is 9.87. The normalized spacial score (nSPS) is 12.0. The van der Waals surface area contributed by atoms with Gasteiger partial charge in [-0.3, -0.25) is 0 Å². The molecular formula is C37H45BrN2O4. The number of unbranched alkanes of at least 4 members (excludes halogenated alkanes) is 6. The SMILES string of the molecule is CCCCCCOc1cc(-c2nc3c(CBr)cccc3o2)c(OCCCCCC)cc1-c1nc2cc(C(C)(C)C)ccc2o1. The zero-order chi connectivity index (χ0) is 31.1. The number of hydrogen-bond acceptors (Lipinski definition) is 6. The molecule has 0 fully saturated rings. The first-order chi connectivity index (χ1) is 21.3. The van der Waals surface area contributed by atoms with E-state index in [-0.39, 0.29) is 5.41 Å². The smallest absolute Gasteiger partial charge is 0.231 e. The van der Waals surface area contributed by atoms with Gasteiger partial charge < -0.3 is 18.3 Å². The number of rotatable bonds is 15. The third-order valence-corrected chi connectivity index (χ3v) is 8.56. The Morgan fingerprint density at radius 3 is 1.91 bits per heavy atom. The number of nitrogens with zero attached hydrogens (tertiary/aromatic N) is 2. The molecule has 0 radical (unpaired) electrons. The Labute approximate surface area is 269 Å². The Morgan fingerprint density at radius 2 is 1.32 bits per heavy atom. The van der Waals surface area contributed by atoms with Crippen molar-refractivity contribution >= 4 is 38.1 Å². The summed E-state index contributed by atoms with van der Waals surface area (Å²) in [6.45, 7) is 12.2. The van der Waals surface area contributed by atoms with E-state index in [0.29, 0.717) is 41.8 Å². The molecule has 6 nitrogen and oxygen atoms in total. The summed E-state index contributed by atoms with van der Waals surface area (Å²) in [5.41, 5.74) is 6.97. The summed E-state index contributed by atoms with van der Waals surface area (Å²) in [5.74, 6) is 2.38. The molecule has 0 spiro atoms. The van der Waals surface area contributed by atoms with E-state index in [4.69, 9.17) is 28.3 Å². The van der Waals surface area contributed by atoms with Gasteiger partial charge in [0.25, 0.3) is 0 Å². The number of aromatic nitrogens is 2. The fourth-order valence-electron chi connectivity index (χ4n) is 5.29. The summed E-state index contributed by atoms with van der Waals surface area (Å²) in [5, 5.41) is 0.691. The molecule has 0 bridgehead atoms. The second-order valence-corrected chi connectivity index (χ2v) is 13.1. The maximum Gasteiger partial charge on any atom is 0.231 e. The Hall–Kier alpha value is -3.32. The molecule has 0 aliphatic carbocycles. The van der Waals surface area contributed by atoms with Crippen LogP contribution in [0.3, 0.4) is 0 Å². The number of halogens is 1. The highest BCUT2D eigenvalue weighted by molar-refractivity contribution is 9.08. The molecule has 5 aromatic rings. The third-order valence-electron chi connectivity index (χ3n) is 7.95. The Morgan fingerprint density at radius 1 is 0.705 bits per heavy atom. The highest BCUT2D eigenvalue weighted by Gasteiger charge is 2.23. The minimum atomic E-state index is 0.00870. The zero-order valence-corrected chi connectivity index (χ0v) is 28.4. The van der Waals surface area contributed by atoms with E-state index in [1.807, 2.05) is 30.3 Å². The van der Waals surface area contributed by atoms with E-state index in [1.54, 1.807) is 0 Å². The molecule has 2 heterocycles. The number of oxazole rings is 2. The molecule has 0 atom stereocenters. The minimum Gasteiger partial charge on any atom is -0.493 e. The third kappa shape index (κ3) is 7.48. The molecule has 234 valence electrons. The number of para-hydroxylation sites is 1. The van der Waals surface area contributed by atoms with Gasteiger partial charge in [0.15, 0.2) is 11.2 Å². The molecule has 0 saturated heterocycles. The highest BCUT2D eigenvalue weighted by atomic mass is 79.9. The first kappa shape index (κ1) is 32.1. The molecule has 44 heavy (non-hydrogen) atoms. The largest absolute Gasteiger partial charge is 0.493 e. The Bertz CT molecular complexity index is 1680. The van der Waals surface area contributed by atoms with Crippen LogP contribution in [0.4, 0.5) is 0 Å². The quantitative estimate of drug-likeness (QED) is 0.0821. The lowest BCUT2D eigenvalue weighted by Crippen LogP contribution is -2.10. The van der Waals surface area contributed by atoms with Crippen LogP contribution in [0, 0.1) is 0 Å². The van der Waals surface area contributed by atoms with Crippen molar-refractivity contribution in [3.63, 3.8) is 0 Å². The summed E-state index contributed by atoms with van der Waals surface area (Å²) in [6, 6.07) is 16.2. The number of fused-ring (bicyclic) bond motifs is 2. The van der Waals surface area contributed by atoms with E-state index >= 15 is 0 Å². The van der Waals surface area contributed by atoms with Gasteiger partial charge in [-0.05, 0) is 59.7 Å². The van der Waals surface area contributed by atoms with Crippen LogP contribution in [-0.2, 0) is 10.7 Å². The summed E-state index contributed by atoms with van der Waals surface area (Å²) < 4.78 is 25.6. The van der Waals surface area contributed by atoms with Crippen molar-refractivity contribution in [3.05, 3.63) is 59.7 Å². The van der Waals surface area contributed by atoms with E-state index in [2.05, 4.69) is 68.7 Å². The summed E-state index contributed by atoms with van der Waals surface area (Å²) in [7, 11) is 0. The van der Waals surface area contributed by atoms with E-state index in [9.17, 15) is 0 Å². The zero-order valence-electron chi connectivity index (χ0n) is 26.8. The van der Waals surface area contributed by atoms with Crippen molar-refractivity contribution in [2.45, 2.75) is 96.7 Å². The number of alkyl halides is 1. The van der Waals surface area contributed by atoms with Crippen LogP contribution in [0.1, 0.15) is 97.1 Å². The van der Waals surface area contributed by atoms with Crippen LogP contribution >= 0.6 is 15.9 Å². The van der Waals surface area contributed by atoms with Gasteiger partial charge in [0, 0.05) is 5.33 Å². The van der Waals surface area contributed by atoms with Crippen molar-refractivity contribution in [2.75, 3.05) is 13.2 Å². The first-order valence-corrected chi connectivity index (χ1v) is 17.2. The Kier molecular flexibility index (Phi) is 10.7. The molecule has 5 rings (SSSR count). The van der Waals surface area contributed by atoms with Gasteiger partial charge in [0.05, 0.1) is 24.3 Å². The maximum atomic E-state index is 6.47. The molecule has 7 heteroatoms. The van der Waals surface area contributed by atoms with Crippen LogP contribution in [0.15, 0.2) is 57.4 Å². The molecule has 0 N–H and O–H groups in total. The van der Waals surface area contributed by atoms with Gasteiger partial charge in [-0.2, -0.15) is 0 Å². The molecule has 0 saturated carbocycles. The predicted molar refractivity (Wildman–Crippen MR) is 183 cm³/mol. The van der Waals surface area contributed by atoms with Gasteiger partial charge in [-0.15, -0.1) is 0 Å². The van der Waals surface area contributed by atoms with Gasteiger partial charge in [-0.1, -0.05) is 107 Å². The fraction of sp³-hybridized carbons (Fsp3) is 0.459. The van der Waals surface area contributed by atoms with Crippen LogP contribution in [0.2, 0.25) is 0 Å². The molecule has 0 aliphatic heterocycles. The van der Waals surface area contributed by atoms with Gasteiger partial charge in [0.2, 0.25) is 11.8 Å². The molecular weight excluding hydrogens is 616 g/mol. The number of benzene rings is 3. The van der Waals surface area contributed by atoms with Crippen molar-refractivity contribution in [3.8, 4) is 34.4 Å². The van der Waals surface area contributed by atoms with Gasteiger partial charge in [-0.25, -0.2) is 9.97 Å². The van der Waals surface area contributed by atoms with Crippen molar-refractivity contribution in [1.82, 2.24) is 9.97 Å². The number of hydrogen-bond donors (Lipinski definition) is 0. The standard InChI is InChI=1S/C37H45BrN2O4/c1-6-8-10-12-19-41-32-23-28(36-40-34-25(24-38)15-14-16-31(34)44-36)33(42-20-13-11-9-7-2)22-27(32)35-39-29-21-26(37(3,4)5)17-18-30(29)43-35/h14-18,21-23H,6-13,19-20,24H2,1-5H3. The summed E-state index contributed by atoms with van der Waals surface area (Å²) in [6.07, 6.45) is 8.90. The summed E-state index contributed by atoms with van der Waals surface area (Å²) in [4.78, 5) is 9.88. The van der Waals surface area contributed by atoms with Crippen LogP contribution in [0.5, 0.6) is 11.5 Å². The first-order valence-electron chi connectivity index (χ1n) is 16.1. The van der Waals surface area contributed by atoms with Crippen molar-refractivity contribution in [1.29, 1.82) is 0 Å². The maximum absolute atomic E-state index is 6.47. The average Bonchev–Trinajstić information content (AvgIpc) is 3.64. The molecule has 0 aliphatic rings. The van der Waals surface area contributed by atoms with Crippen LogP contribution in [0.25, 0.3) is 45.1 Å². The monoisotopic (exact) mass is 660 g/mol. The van der Waals surface area contributed by atoms with E-state index in [1.165, 1.54) is 31.2 Å².